The van der Waals surface area contributed by atoms with Gasteiger partial charge in [0.05, 0.1) is 29.8 Å². The molecule has 0 aliphatic carbocycles. The summed E-state index contributed by atoms with van der Waals surface area (Å²) in [6, 6.07) is 9.24. The minimum absolute atomic E-state index is 0.0905. The zero-order valence-corrected chi connectivity index (χ0v) is 52.9. The first-order valence-electron chi connectivity index (χ1n) is 30.1. The Balaban J connectivity index is 1.15. The van der Waals surface area contributed by atoms with Crippen molar-refractivity contribution in [2.75, 3.05) is 43.5 Å². The Hall–Kier alpha value is -8.72. The highest BCUT2D eigenvalue weighted by molar-refractivity contribution is 6.13. The predicted octanol–water partition coefficient (Wildman–Crippen LogP) is 5.72. The molecule has 0 fully saturated rings. The van der Waals surface area contributed by atoms with E-state index in [1.54, 1.807) is 72.7 Å². The molecular formula is C62H89N13O14. The number of anilines is 2. The number of imide groups is 1. The van der Waals surface area contributed by atoms with Crippen LogP contribution in [0.1, 0.15) is 132 Å². The first kappa shape index (κ1) is 71.0. The molecule has 11 amide bonds. The molecule has 1 aliphatic rings. The van der Waals surface area contributed by atoms with Crippen LogP contribution in [0.25, 0.3) is 21.9 Å². The number of urea groups is 1. The maximum Gasteiger partial charge on any atom is 0.408 e. The summed E-state index contributed by atoms with van der Waals surface area (Å²) in [6.07, 6.45) is 3.73. The molecule has 27 nitrogen and oxygen atoms in total. The van der Waals surface area contributed by atoms with E-state index in [-0.39, 0.29) is 94.2 Å². The van der Waals surface area contributed by atoms with Crippen molar-refractivity contribution in [3.05, 3.63) is 72.1 Å². The van der Waals surface area contributed by atoms with Crippen LogP contribution in [0.4, 0.5) is 25.9 Å². The number of pyridine rings is 1. The lowest BCUT2D eigenvalue weighted by molar-refractivity contribution is -0.137. The molecular weight excluding hydrogens is 1150 g/mol. The second-order valence-electron chi connectivity index (χ2n) is 23.9. The molecule has 27 heteroatoms. The summed E-state index contributed by atoms with van der Waals surface area (Å²) in [5.74, 6) is -3.32. The van der Waals surface area contributed by atoms with E-state index in [4.69, 9.17) is 34.6 Å². The summed E-state index contributed by atoms with van der Waals surface area (Å²) in [5, 5.41) is 22.5. The van der Waals surface area contributed by atoms with E-state index in [0.29, 0.717) is 72.3 Å². The van der Waals surface area contributed by atoms with Gasteiger partial charge in [0.25, 0.3) is 11.8 Å². The van der Waals surface area contributed by atoms with Crippen molar-refractivity contribution in [2.24, 2.45) is 17.6 Å². The third kappa shape index (κ3) is 22.7. The lowest BCUT2D eigenvalue weighted by atomic mass is 10.0. The van der Waals surface area contributed by atoms with Gasteiger partial charge in [-0.1, -0.05) is 64.4 Å². The van der Waals surface area contributed by atoms with Crippen molar-refractivity contribution in [1.29, 1.82) is 0 Å². The van der Waals surface area contributed by atoms with Crippen LogP contribution in [0.2, 0.25) is 0 Å². The number of primary amides is 1. The maximum atomic E-state index is 13.8. The van der Waals surface area contributed by atoms with Crippen molar-refractivity contribution >= 4 is 93.0 Å². The SMILES string of the molecule is CCOCc1nc2c(NC(=O)[C@H](C)NC(=O)[C@@H](NC(=O)OC(C)(C)C)C(C)C)nc3ccccc3c2n1CC(C)(C)OCCNC(=O)OCc1ccc(NC(=O)[C@H](CCCCNC(N)=O)NC(=O)[C@@H](NC(=O)CCCCCN2C(=O)C=CC2=O)C(C)C)cc1. The summed E-state index contributed by atoms with van der Waals surface area (Å²) in [4.78, 5) is 139. The van der Waals surface area contributed by atoms with Crippen LogP contribution < -0.4 is 48.3 Å². The summed E-state index contributed by atoms with van der Waals surface area (Å²) in [5.41, 5.74) is 6.14. The van der Waals surface area contributed by atoms with Gasteiger partial charge in [0.15, 0.2) is 5.82 Å². The first-order chi connectivity index (χ1) is 42.1. The number of hydrogen-bond acceptors (Lipinski definition) is 16. The molecule has 2 aromatic carbocycles. The molecule has 89 heavy (non-hydrogen) atoms. The Morgan fingerprint density at radius 3 is 1.99 bits per heavy atom. The number of para-hydroxylation sites is 1. The summed E-state index contributed by atoms with van der Waals surface area (Å²) >= 11 is 0. The number of amides is 11. The number of fused-ring (bicyclic) bond motifs is 3. The highest BCUT2D eigenvalue weighted by Crippen LogP contribution is 2.32. The molecule has 4 atom stereocenters. The van der Waals surface area contributed by atoms with E-state index < -0.39 is 77.2 Å². The topological polar surface area (TPSA) is 364 Å². The molecule has 0 bridgehead atoms. The van der Waals surface area contributed by atoms with Gasteiger partial charge < -0.3 is 71.8 Å². The van der Waals surface area contributed by atoms with Gasteiger partial charge in [0, 0.05) is 55.9 Å². The Morgan fingerprint density at radius 1 is 0.674 bits per heavy atom. The number of ether oxygens (including phenoxy) is 4. The number of unbranched alkanes of at least 4 members (excludes halogenated alkanes) is 3. The van der Waals surface area contributed by atoms with Gasteiger partial charge in [-0.15, -0.1) is 0 Å². The molecule has 486 valence electrons. The molecule has 4 aromatic rings. The van der Waals surface area contributed by atoms with Gasteiger partial charge in [-0.25, -0.2) is 24.4 Å². The Bertz CT molecular complexity index is 3160. The van der Waals surface area contributed by atoms with E-state index in [1.165, 1.54) is 19.1 Å². The Labute approximate surface area is 518 Å². The second kappa shape index (κ2) is 33.6. The van der Waals surface area contributed by atoms with Crippen LogP contribution in [0, 0.1) is 11.8 Å². The quantitative estimate of drug-likeness (QED) is 0.0199. The molecule has 3 heterocycles. The maximum absolute atomic E-state index is 13.8. The van der Waals surface area contributed by atoms with E-state index >= 15 is 0 Å². The van der Waals surface area contributed by atoms with E-state index in [2.05, 4.69) is 42.5 Å². The van der Waals surface area contributed by atoms with E-state index in [1.807, 2.05) is 49.6 Å². The van der Waals surface area contributed by atoms with Gasteiger partial charge in [-0.05, 0) is 116 Å². The van der Waals surface area contributed by atoms with Crippen LogP contribution in [0.5, 0.6) is 0 Å². The fourth-order valence-electron chi connectivity index (χ4n) is 9.41. The molecule has 0 saturated carbocycles. The van der Waals surface area contributed by atoms with Crippen LogP contribution in [-0.2, 0) is 72.3 Å². The number of rotatable bonds is 34. The molecule has 0 spiro atoms. The third-order valence-corrected chi connectivity index (χ3v) is 14.0. The zero-order chi connectivity index (χ0) is 65.6. The van der Waals surface area contributed by atoms with Crippen molar-refractivity contribution < 1.29 is 66.9 Å². The fourth-order valence-corrected chi connectivity index (χ4v) is 9.41. The molecule has 10 N–H and O–H groups in total. The molecule has 0 saturated heterocycles. The average Bonchev–Trinajstić information content (AvgIpc) is 1.66. The van der Waals surface area contributed by atoms with Crippen LogP contribution in [-0.4, -0.2) is 147 Å². The lowest BCUT2D eigenvalue weighted by Gasteiger charge is -2.27. The van der Waals surface area contributed by atoms with Crippen LogP contribution in [0.15, 0.2) is 60.7 Å². The van der Waals surface area contributed by atoms with Crippen molar-refractivity contribution in [3.63, 3.8) is 0 Å². The number of hydrogen-bond donors (Lipinski definition) is 9. The van der Waals surface area contributed by atoms with Crippen LogP contribution in [0.3, 0.4) is 0 Å². The number of nitrogens with zero attached hydrogens (tertiary/aromatic N) is 4. The number of aromatic nitrogens is 3. The number of carbonyl (C=O) groups is 10. The lowest BCUT2D eigenvalue weighted by Crippen LogP contribution is -2.54. The number of nitrogens with two attached hydrogens (primary N) is 1. The van der Waals surface area contributed by atoms with Crippen LogP contribution >= 0.6 is 0 Å². The zero-order valence-electron chi connectivity index (χ0n) is 52.9. The Kier molecular flexibility index (Phi) is 26.8. The minimum Gasteiger partial charge on any atom is -0.445 e. The molecule has 1 aliphatic heterocycles. The molecule has 0 radical (unpaired) electrons. The highest BCUT2D eigenvalue weighted by Gasteiger charge is 2.33. The standard InChI is InChI=1S/C62H89N13O14/c1-12-86-35-45-70-51-52(42-20-15-16-21-43(42)68-53(51)73-54(79)39(6)66-56(81)50(38(4)5)72-60(85)89-61(7,8)9)75(45)36-62(10,11)88-33-31-65-59(84)87-34-40-24-26-41(27-25-40)67-55(80)44(22-17-18-30-64-58(63)83)69-57(82)49(37(2)3)71-46(76)23-14-13-19-32-74-47(77)28-29-48(74)78/h15-16,20-21,24-29,37-39,44,49-50H,12-14,17-19,22-23,30-36H2,1-11H3,(H,65,84)(H,66,81)(H,67,80)(H,69,82)(H,71,76)(H,72,85)(H3,63,64,83)(H,68,73,79)/t39-,44-,49-,50-/m0/s1. The third-order valence-electron chi connectivity index (χ3n) is 14.0. The summed E-state index contributed by atoms with van der Waals surface area (Å²) in [6.45, 7) is 20.7. The number of benzene rings is 2. The molecule has 2 aromatic heterocycles. The van der Waals surface area contributed by atoms with Gasteiger partial charge in [-0.3, -0.25) is 38.5 Å². The van der Waals surface area contributed by atoms with E-state index in [0.717, 1.165) is 10.3 Å². The van der Waals surface area contributed by atoms with E-state index in [9.17, 15) is 47.9 Å². The number of carbonyl (C=O) groups excluding carboxylic acids is 10. The Morgan fingerprint density at radius 2 is 1.34 bits per heavy atom. The minimum atomic E-state index is -1.06. The first-order valence-corrected chi connectivity index (χ1v) is 30.1. The highest BCUT2D eigenvalue weighted by atomic mass is 16.6. The smallest absolute Gasteiger partial charge is 0.408 e. The van der Waals surface area contributed by atoms with Gasteiger partial charge >= 0.3 is 18.2 Å². The predicted molar refractivity (Wildman–Crippen MR) is 332 cm³/mol. The van der Waals surface area contributed by atoms with Crippen molar-refractivity contribution in [2.45, 2.75) is 176 Å². The number of alkyl carbamates (subject to hydrolysis) is 2. The monoisotopic (exact) mass is 1240 g/mol. The molecule has 0 unspecified atom stereocenters. The number of nitrogens with one attached hydrogen (secondary N) is 8. The normalized spacial score (nSPS) is 13.8. The summed E-state index contributed by atoms with van der Waals surface area (Å²) < 4.78 is 25.0. The fraction of sp³-hybridized carbons (Fsp3) is 0.548. The molecule has 5 rings (SSSR count). The average molecular weight is 1240 g/mol. The van der Waals surface area contributed by atoms with Crippen molar-refractivity contribution in [3.8, 4) is 0 Å². The van der Waals surface area contributed by atoms with Gasteiger partial charge in [0.2, 0.25) is 29.5 Å². The van der Waals surface area contributed by atoms with Gasteiger partial charge in [-0.2, -0.15) is 0 Å². The number of imidazole rings is 1. The second-order valence-corrected chi connectivity index (χ2v) is 23.9. The summed E-state index contributed by atoms with van der Waals surface area (Å²) in [7, 11) is 0. The van der Waals surface area contributed by atoms with Crippen molar-refractivity contribution in [1.82, 2.24) is 51.3 Å². The van der Waals surface area contributed by atoms with Gasteiger partial charge in [0.1, 0.15) is 54.3 Å². The largest absolute Gasteiger partial charge is 0.445 e.